The van der Waals surface area contributed by atoms with Crippen LogP contribution in [0, 0.1) is 6.92 Å². The molecule has 5 heteroatoms. The molecule has 0 aliphatic carbocycles. The van der Waals surface area contributed by atoms with Crippen molar-refractivity contribution >= 4 is 11.9 Å². The molecular formula is C26H19NO4. The molecule has 0 saturated carbocycles. The van der Waals surface area contributed by atoms with Crippen molar-refractivity contribution in [3.05, 3.63) is 114 Å². The lowest BCUT2D eigenvalue weighted by Gasteiger charge is -2.16. The van der Waals surface area contributed by atoms with Crippen molar-refractivity contribution in [1.29, 1.82) is 0 Å². The summed E-state index contributed by atoms with van der Waals surface area (Å²) in [5.41, 5.74) is 2.51. The number of ether oxygens (including phenoxy) is 2. The van der Waals surface area contributed by atoms with Gasteiger partial charge in [0.25, 0.3) is 0 Å². The first-order valence-corrected chi connectivity index (χ1v) is 9.73. The molecule has 1 heterocycles. The lowest BCUT2D eigenvalue weighted by atomic mass is 10.0. The molecule has 31 heavy (non-hydrogen) atoms. The summed E-state index contributed by atoms with van der Waals surface area (Å²) in [6.45, 7) is 1.82. The summed E-state index contributed by atoms with van der Waals surface area (Å²) in [6, 6.07) is 26.2. The molecule has 4 rings (SSSR count). The van der Waals surface area contributed by atoms with Gasteiger partial charge in [-0.25, -0.2) is 9.59 Å². The van der Waals surface area contributed by atoms with Crippen LogP contribution >= 0.6 is 0 Å². The molecule has 0 unspecified atom stereocenters. The third kappa shape index (κ3) is 4.51. The predicted octanol–water partition coefficient (Wildman–Crippen LogP) is 5.50. The fourth-order valence-corrected chi connectivity index (χ4v) is 3.10. The van der Waals surface area contributed by atoms with Gasteiger partial charge in [-0.2, -0.15) is 0 Å². The van der Waals surface area contributed by atoms with Gasteiger partial charge >= 0.3 is 11.9 Å². The van der Waals surface area contributed by atoms with Crippen LogP contribution in [0.4, 0.5) is 0 Å². The Kier molecular flexibility index (Phi) is 5.85. The lowest BCUT2D eigenvalue weighted by molar-refractivity contribution is 0.0733. The number of esters is 2. The molecule has 0 radical (unpaired) electrons. The highest BCUT2D eigenvalue weighted by Gasteiger charge is 2.22. The summed E-state index contributed by atoms with van der Waals surface area (Å²) in [7, 11) is 0. The van der Waals surface area contributed by atoms with Gasteiger partial charge in [-0.05, 0) is 55.0 Å². The first kappa shape index (κ1) is 20.0. The maximum absolute atomic E-state index is 12.8. The van der Waals surface area contributed by atoms with Gasteiger partial charge in [0.1, 0.15) is 11.5 Å². The van der Waals surface area contributed by atoms with E-state index in [4.69, 9.17) is 9.47 Å². The van der Waals surface area contributed by atoms with E-state index >= 15 is 0 Å². The van der Waals surface area contributed by atoms with Crippen LogP contribution in [-0.2, 0) is 0 Å². The second kappa shape index (κ2) is 9.05. The molecular weight excluding hydrogens is 390 g/mol. The van der Waals surface area contributed by atoms with Crippen molar-refractivity contribution in [2.75, 3.05) is 0 Å². The molecule has 3 aromatic carbocycles. The summed E-state index contributed by atoms with van der Waals surface area (Å²) in [5.74, 6) is -0.464. The molecule has 0 fully saturated rings. The Bertz CT molecular complexity index is 1210. The topological polar surface area (TPSA) is 65.5 Å². The molecule has 0 aliphatic heterocycles. The molecule has 0 aliphatic rings. The number of carbonyl (C=O) groups excluding carboxylic acids is 2. The highest BCUT2D eigenvalue weighted by Crippen LogP contribution is 2.40. The number of aryl methyl sites for hydroxylation is 1. The van der Waals surface area contributed by atoms with Gasteiger partial charge in [-0.1, -0.05) is 48.5 Å². The smallest absolute Gasteiger partial charge is 0.343 e. The zero-order valence-corrected chi connectivity index (χ0v) is 16.8. The van der Waals surface area contributed by atoms with Gasteiger partial charge in [0.15, 0.2) is 0 Å². The molecule has 152 valence electrons. The van der Waals surface area contributed by atoms with Crippen molar-refractivity contribution in [1.82, 2.24) is 4.98 Å². The minimum Gasteiger partial charge on any atom is -0.422 e. The summed E-state index contributed by atoms with van der Waals surface area (Å²) < 4.78 is 11.5. The van der Waals surface area contributed by atoms with Gasteiger partial charge in [-0.3, -0.25) is 4.98 Å². The van der Waals surface area contributed by atoms with Crippen molar-refractivity contribution in [2.45, 2.75) is 6.92 Å². The predicted molar refractivity (Wildman–Crippen MR) is 117 cm³/mol. The summed E-state index contributed by atoms with van der Waals surface area (Å²) in [6.07, 6.45) is 1.63. The van der Waals surface area contributed by atoms with E-state index in [1.807, 2.05) is 25.1 Å². The van der Waals surface area contributed by atoms with Crippen LogP contribution < -0.4 is 9.47 Å². The van der Waals surface area contributed by atoms with E-state index in [9.17, 15) is 9.59 Å². The second-order valence-electron chi connectivity index (χ2n) is 6.81. The van der Waals surface area contributed by atoms with Gasteiger partial charge in [0, 0.05) is 6.20 Å². The van der Waals surface area contributed by atoms with Crippen molar-refractivity contribution < 1.29 is 19.1 Å². The Hall–Kier alpha value is -4.25. The third-order valence-electron chi connectivity index (χ3n) is 4.65. The number of pyridine rings is 1. The Labute approximate surface area is 179 Å². The molecule has 0 saturated heterocycles. The number of carbonyl (C=O) groups is 2. The van der Waals surface area contributed by atoms with Crippen LogP contribution in [0.3, 0.4) is 0 Å². The normalized spacial score (nSPS) is 10.4. The number of rotatable bonds is 5. The van der Waals surface area contributed by atoms with E-state index < -0.39 is 11.9 Å². The van der Waals surface area contributed by atoms with Gasteiger partial charge in [0.2, 0.25) is 0 Å². The quantitative estimate of drug-likeness (QED) is 0.322. The van der Waals surface area contributed by atoms with Gasteiger partial charge in [0.05, 0.1) is 22.4 Å². The average molecular weight is 409 g/mol. The van der Waals surface area contributed by atoms with Crippen molar-refractivity contribution in [2.24, 2.45) is 0 Å². The molecule has 0 spiro atoms. The van der Waals surface area contributed by atoms with E-state index in [1.54, 1.807) is 79.0 Å². The van der Waals surface area contributed by atoms with Crippen LogP contribution in [0.25, 0.3) is 11.3 Å². The number of aromatic nitrogens is 1. The molecule has 1 aromatic heterocycles. The molecule has 0 N–H and O–H groups in total. The van der Waals surface area contributed by atoms with E-state index in [0.29, 0.717) is 33.7 Å². The molecule has 5 nitrogen and oxygen atoms in total. The fraction of sp³-hybridized carbons (Fsp3) is 0.0385. The Morgan fingerprint density at radius 2 is 1.26 bits per heavy atom. The molecule has 4 aromatic rings. The second-order valence-corrected chi connectivity index (χ2v) is 6.81. The standard InChI is InChI=1S/C26H19NO4/c1-18-15-16-22(30-25(28)19-10-4-2-5-11-19)23(21-14-8-9-17-27-21)24(18)31-26(29)20-12-6-3-7-13-20/h2-17H,1H3. The van der Waals surface area contributed by atoms with Gasteiger partial charge < -0.3 is 9.47 Å². The highest BCUT2D eigenvalue weighted by molar-refractivity contribution is 5.95. The largest absolute Gasteiger partial charge is 0.422 e. The summed E-state index contributed by atoms with van der Waals surface area (Å²) in [5, 5.41) is 0. The van der Waals surface area contributed by atoms with Crippen LogP contribution in [0.15, 0.2) is 97.2 Å². The van der Waals surface area contributed by atoms with E-state index in [2.05, 4.69) is 4.98 Å². The Morgan fingerprint density at radius 3 is 1.84 bits per heavy atom. The summed E-state index contributed by atoms with van der Waals surface area (Å²) >= 11 is 0. The van der Waals surface area contributed by atoms with Crippen molar-refractivity contribution in [3.63, 3.8) is 0 Å². The zero-order valence-electron chi connectivity index (χ0n) is 16.8. The maximum atomic E-state index is 12.8. The van der Waals surface area contributed by atoms with E-state index in [1.165, 1.54) is 0 Å². The fourth-order valence-electron chi connectivity index (χ4n) is 3.10. The van der Waals surface area contributed by atoms with E-state index in [0.717, 1.165) is 0 Å². The van der Waals surface area contributed by atoms with Crippen LogP contribution in [0.1, 0.15) is 26.3 Å². The zero-order chi connectivity index (χ0) is 21.6. The molecule has 0 bridgehead atoms. The first-order chi connectivity index (χ1) is 15.1. The Balaban J connectivity index is 1.78. The number of hydrogen-bond donors (Lipinski definition) is 0. The molecule has 0 atom stereocenters. The van der Waals surface area contributed by atoms with Crippen LogP contribution in [0.2, 0.25) is 0 Å². The third-order valence-corrected chi connectivity index (χ3v) is 4.65. The van der Waals surface area contributed by atoms with Gasteiger partial charge in [-0.15, -0.1) is 0 Å². The maximum Gasteiger partial charge on any atom is 0.343 e. The Morgan fingerprint density at radius 1 is 0.677 bits per heavy atom. The number of benzene rings is 3. The van der Waals surface area contributed by atoms with Crippen LogP contribution in [0.5, 0.6) is 11.5 Å². The first-order valence-electron chi connectivity index (χ1n) is 9.73. The molecule has 0 amide bonds. The number of nitrogens with zero attached hydrogens (tertiary/aromatic N) is 1. The number of hydrogen-bond acceptors (Lipinski definition) is 5. The van der Waals surface area contributed by atoms with Crippen molar-refractivity contribution in [3.8, 4) is 22.8 Å². The monoisotopic (exact) mass is 409 g/mol. The SMILES string of the molecule is Cc1ccc(OC(=O)c2ccccc2)c(-c2ccccn2)c1OC(=O)c1ccccc1. The lowest BCUT2D eigenvalue weighted by Crippen LogP contribution is -2.13. The minimum atomic E-state index is -0.512. The van der Waals surface area contributed by atoms with Crippen LogP contribution in [-0.4, -0.2) is 16.9 Å². The highest BCUT2D eigenvalue weighted by atomic mass is 16.5. The minimum absolute atomic E-state index is 0.258. The summed E-state index contributed by atoms with van der Waals surface area (Å²) in [4.78, 5) is 29.8. The van der Waals surface area contributed by atoms with E-state index in [-0.39, 0.29) is 5.75 Å². The average Bonchev–Trinajstić information content (AvgIpc) is 2.83.